The van der Waals surface area contributed by atoms with Gasteiger partial charge >= 0.3 is 0 Å². The van der Waals surface area contributed by atoms with E-state index in [9.17, 15) is 4.79 Å². The van der Waals surface area contributed by atoms with Crippen LogP contribution >= 0.6 is 35.3 Å². The number of halogens is 2. The van der Waals surface area contributed by atoms with E-state index in [1.165, 1.54) is 0 Å². The average molecular weight is 385 g/mol. The molecule has 2 aromatic rings. The summed E-state index contributed by atoms with van der Waals surface area (Å²) in [6.07, 6.45) is 2.77. The second kappa shape index (κ2) is 9.42. The van der Waals surface area contributed by atoms with Gasteiger partial charge in [0, 0.05) is 16.3 Å². The Balaban J connectivity index is 0.00000208. The molecule has 3 rings (SSSR count). The molecule has 130 valence electrons. The van der Waals surface area contributed by atoms with Crippen molar-refractivity contribution in [3.63, 3.8) is 0 Å². The highest BCUT2D eigenvalue weighted by atomic mass is 35.5. The molecule has 0 spiro atoms. The van der Waals surface area contributed by atoms with Crippen molar-refractivity contribution in [1.29, 1.82) is 0 Å². The third kappa shape index (κ3) is 5.21. The van der Waals surface area contributed by atoms with E-state index in [4.69, 9.17) is 11.6 Å². The summed E-state index contributed by atoms with van der Waals surface area (Å²) in [5.41, 5.74) is 1.07. The molecule has 1 unspecified atom stereocenters. The molecular formula is C18H22Cl2N2OS. The molecule has 1 amide bonds. The van der Waals surface area contributed by atoms with Gasteiger partial charge in [0.1, 0.15) is 0 Å². The summed E-state index contributed by atoms with van der Waals surface area (Å²) in [7, 11) is 0. The van der Waals surface area contributed by atoms with E-state index in [1.54, 1.807) is 11.3 Å². The zero-order valence-corrected chi connectivity index (χ0v) is 15.7. The first kappa shape index (κ1) is 19.3. The Morgan fingerprint density at radius 3 is 2.58 bits per heavy atom. The van der Waals surface area contributed by atoms with Crippen LogP contribution in [0.25, 0.3) is 0 Å². The average Bonchev–Trinajstić information content (AvgIpc) is 3.09. The Kier molecular flexibility index (Phi) is 7.56. The fourth-order valence-electron chi connectivity index (χ4n) is 3.00. The lowest BCUT2D eigenvalue weighted by atomic mass is 9.94. The number of hydrogen-bond acceptors (Lipinski definition) is 3. The largest absolute Gasteiger partial charge is 0.344 e. The van der Waals surface area contributed by atoms with Crippen LogP contribution in [0.3, 0.4) is 0 Å². The normalized spacial score (nSPS) is 16.2. The second-order valence-corrected chi connectivity index (χ2v) is 7.38. The number of hydrogen-bond donors (Lipinski definition) is 2. The van der Waals surface area contributed by atoms with Crippen LogP contribution in [0.4, 0.5) is 0 Å². The molecule has 1 aromatic heterocycles. The first-order valence-electron chi connectivity index (χ1n) is 8.01. The number of carbonyl (C=O) groups is 1. The topological polar surface area (TPSA) is 41.1 Å². The molecule has 0 bridgehead atoms. The summed E-state index contributed by atoms with van der Waals surface area (Å²) in [5, 5.41) is 9.30. The molecule has 1 aliphatic rings. The Labute approximate surface area is 158 Å². The maximum absolute atomic E-state index is 12.5. The number of rotatable bonds is 5. The van der Waals surface area contributed by atoms with Gasteiger partial charge in [-0.1, -0.05) is 29.8 Å². The van der Waals surface area contributed by atoms with Crippen molar-refractivity contribution in [1.82, 2.24) is 10.6 Å². The van der Waals surface area contributed by atoms with E-state index in [2.05, 4.69) is 16.7 Å². The highest BCUT2D eigenvalue weighted by molar-refractivity contribution is 7.10. The van der Waals surface area contributed by atoms with Crippen molar-refractivity contribution in [3.05, 3.63) is 57.2 Å². The first-order chi connectivity index (χ1) is 11.2. The molecule has 1 aromatic carbocycles. The lowest BCUT2D eigenvalue weighted by Gasteiger charge is -2.24. The van der Waals surface area contributed by atoms with Crippen LogP contribution in [0.2, 0.25) is 5.02 Å². The van der Waals surface area contributed by atoms with Crippen LogP contribution in [0, 0.1) is 5.92 Å². The van der Waals surface area contributed by atoms with Crippen LogP contribution in [0.5, 0.6) is 0 Å². The van der Waals surface area contributed by atoms with Gasteiger partial charge in [-0.3, -0.25) is 4.79 Å². The van der Waals surface area contributed by atoms with Crippen molar-refractivity contribution in [2.24, 2.45) is 5.92 Å². The lowest BCUT2D eigenvalue weighted by Crippen LogP contribution is -2.34. The fourth-order valence-corrected chi connectivity index (χ4v) is 3.93. The standard InChI is InChI=1S/C18H21ClN2OS.ClH/c19-15-5-3-14(4-6-15)18(16-2-1-11-23-16)21-17(22)12-13-7-9-20-10-8-13;/h1-6,11,13,18,20H,7-10,12H2,(H,21,22);1H. The monoisotopic (exact) mass is 384 g/mol. The molecule has 0 aliphatic carbocycles. The Hall–Kier alpha value is -1.07. The Morgan fingerprint density at radius 2 is 1.96 bits per heavy atom. The minimum Gasteiger partial charge on any atom is -0.344 e. The highest BCUT2D eigenvalue weighted by Crippen LogP contribution is 2.27. The number of nitrogens with one attached hydrogen (secondary N) is 2. The van der Waals surface area contributed by atoms with E-state index in [1.807, 2.05) is 35.7 Å². The number of piperidine rings is 1. The summed E-state index contributed by atoms with van der Waals surface area (Å²) in [4.78, 5) is 13.6. The Bertz CT molecular complexity index is 625. The molecule has 1 saturated heterocycles. The van der Waals surface area contributed by atoms with Crippen molar-refractivity contribution in [2.45, 2.75) is 25.3 Å². The van der Waals surface area contributed by atoms with E-state index >= 15 is 0 Å². The molecule has 24 heavy (non-hydrogen) atoms. The number of benzene rings is 1. The number of amides is 1. The zero-order chi connectivity index (χ0) is 16.1. The van der Waals surface area contributed by atoms with Gasteiger partial charge in [0.2, 0.25) is 5.91 Å². The highest BCUT2D eigenvalue weighted by Gasteiger charge is 2.21. The van der Waals surface area contributed by atoms with Gasteiger partial charge in [-0.05, 0) is 61.0 Å². The van der Waals surface area contributed by atoms with E-state index < -0.39 is 0 Å². The number of thiophene rings is 1. The summed E-state index contributed by atoms with van der Waals surface area (Å²) < 4.78 is 0. The SMILES string of the molecule is Cl.O=C(CC1CCNCC1)NC(c1ccc(Cl)cc1)c1cccs1. The summed E-state index contributed by atoms with van der Waals surface area (Å²) >= 11 is 7.65. The minimum absolute atomic E-state index is 0. The second-order valence-electron chi connectivity index (χ2n) is 5.96. The van der Waals surface area contributed by atoms with Gasteiger partial charge in [-0.2, -0.15) is 0 Å². The van der Waals surface area contributed by atoms with Crippen molar-refractivity contribution in [3.8, 4) is 0 Å². The molecule has 2 N–H and O–H groups in total. The number of carbonyl (C=O) groups excluding carboxylic acids is 1. The summed E-state index contributed by atoms with van der Waals surface area (Å²) in [6, 6.07) is 11.7. The molecule has 2 heterocycles. The van der Waals surface area contributed by atoms with Crippen molar-refractivity contribution >= 4 is 41.3 Å². The molecule has 1 aliphatic heterocycles. The van der Waals surface area contributed by atoms with Gasteiger partial charge in [0.25, 0.3) is 0 Å². The minimum atomic E-state index is -0.0958. The predicted octanol–water partition coefficient (Wildman–Crippen LogP) is 4.42. The van der Waals surface area contributed by atoms with E-state index in [0.29, 0.717) is 17.4 Å². The van der Waals surface area contributed by atoms with Gasteiger partial charge in [-0.25, -0.2) is 0 Å². The van der Waals surface area contributed by atoms with Gasteiger partial charge in [0.15, 0.2) is 0 Å². The maximum Gasteiger partial charge on any atom is 0.221 e. The predicted molar refractivity (Wildman–Crippen MR) is 103 cm³/mol. The fraction of sp³-hybridized carbons (Fsp3) is 0.389. The molecule has 1 atom stereocenters. The van der Waals surface area contributed by atoms with E-state index in [-0.39, 0.29) is 24.4 Å². The van der Waals surface area contributed by atoms with Crippen molar-refractivity contribution in [2.75, 3.05) is 13.1 Å². The summed E-state index contributed by atoms with van der Waals surface area (Å²) in [6.45, 7) is 2.03. The summed E-state index contributed by atoms with van der Waals surface area (Å²) in [5.74, 6) is 0.621. The van der Waals surface area contributed by atoms with Crippen LogP contribution in [0.15, 0.2) is 41.8 Å². The third-order valence-corrected chi connectivity index (χ3v) is 5.46. The maximum atomic E-state index is 12.5. The molecule has 3 nitrogen and oxygen atoms in total. The van der Waals surface area contributed by atoms with Crippen molar-refractivity contribution < 1.29 is 4.79 Å². The molecule has 6 heteroatoms. The van der Waals surface area contributed by atoms with Crippen LogP contribution in [-0.2, 0) is 4.79 Å². The van der Waals surface area contributed by atoms with E-state index in [0.717, 1.165) is 36.4 Å². The molecule has 0 saturated carbocycles. The quantitative estimate of drug-likeness (QED) is 0.800. The smallest absolute Gasteiger partial charge is 0.221 e. The molecule has 1 fully saturated rings. The van der Waals surface area contributed by atoms with Gasteiger partial charge in [0.05, 0.1) is 6.04 Å². The third-order valence-electron chi connectivity index (χ3n) is 4.27. The van der Waals surface area contributed by atoms with Crippen LogP contribution in [-0.4, -0.2) is 19.0 Å². The van der Waals surface area contributed by atoms with Crippen LogP contribution in [0.1, 0.15) is 35.7 Å². The van der Waals surface area contributed by atoms with Gasteiger partial charge < -0.3 is 10.6 Å². The lowest BCUT2D eigenvalue weighted by molar-refractivity contribution is -0.122. The van der Waals surface area contributed by atoms with Gasteiger partial charge in [-0.15, -0.1) is 23.7 Å². The molecule has 0 radical (unpaired) electrons. The molecular weight excluding hydrogens is 363 g/mol. The van der Waals surface area contributed by atoms with Crippen LogP contribution < -0.4 is 10.6 Å². The Morgan fingerprint density at radius 1 is 1.25 bits per heavy atom. The first-order valence-corrected chi connectivity index (χ1v) is 9.27. The zero-order valence-electron chi connectivity index (χ0n) is 13.3.